The van der Waals surface area contributed by atoms with Crippen LogP contribution < -0.4 is 9.64 Å². The summed E-state index contributed by atoms with van der Waals surface area (Å²) in [6.07, 6.45) is 4.14. The average molecular weight is 554 g/mol. The summed E-state index contributed by atoms with van der Waals surface area (Å²) >= 11 is 0. The number of aromatic nitrogens is 1. The van der Waals surface area contributed by atoms with Crippen molar-refractivity contribution in [3.8, 4) is 17.0 Å². The Morgan fingerprint density at radius 1 is 1.15 bits per heavy atom. The SMILES string of the molecule is Cc1ccc(OCc2ccc3c(c2C)CCN(C2CCOCC2)C3)c(-c2cccc(N3C[C@@H]4C[C@]4(C(=O)O)C3)n2)c1. The molecular weight excluding hydrogens is 514 g/mol. The molecule has 0 unspecified atom stereocenters. The van der Waals surface area contributed by atoms with Gasteiger partial charge in [-0.15, -0.1) is 0 Å². The zero-order chi connectivity index (χ0) is 28.1. The number of pyridine rings is 1. The zero-order valence-corrected chi connectivity index (χ0v) is 24.1. The van der Waals surface area contributed by atoms with Gasteiger partial charge in [0.15, 0.2) is 0 Å². The van der Waals surface area contributed by atoms with Crippen molar-refractivity contribution < 1.29 is 19.4 Å². The second kappa shape index (κ2) is 10.4. The van der Waals surface area contributed by atoms with Crippen LogP contribution in [0.2, 0.25) is 0 Å². The van der Waals surface area contributed by atoms with Gasteiger partial charge in [-0.25, -0.2) is 4.98 Å². The molecule has 7 heteroatoms. The molecule has 214 valence electrons. The predicted molar refractivity (Wildman–Crippen MR) is 158 cm³/mol. The molecule has 0 spiro atoms. The van der Waals surface area contributed by atoms with E-state index in [1.807, 2.05) is 24.3 Å². The second-order valence-electron chi connectivity index (χ2n) is 12.5. The Balaban J connectivity index is 1.08. The van der Waals surface area contributed by atoms with Gasteiger partial charge in [-0.2, -0.15) is 0 Å². The van der Waals surface area contributed by atoms with Gasteiger partial charge in [0.2, 0.25) is 0 Å². The van der Waals surface area contributed by atoms with Gasteiger partial charge in [0.25, 0.3) is 0 Å². The number of carbonyl (C=O) groups is 1. The fraction of sp³-hybridized carbons (Fsp3) is 0.471. The molecule has 1 aliphatic carbocycles. The number of aliphatic carboxylic acids is 1. The van der Waals surface area contributed by atoms with Gasteiger partial charge in [0, 0.05) is 51.0 Å². The molecule has 2 atom stereocenters. The number of anilines is 1. The molecule has 1 saturated carbocycles. The summed E-state index contributed by atoms with van der Waals surface area (Å²) in [5.74, 6) is 1.20. The van der Waals surface area contributed by atoms with Crippen LogP contribution in [0.25, 0.3) is 11.3 Å². The Labute approximate surface area is 242 Å². The smallest absolute Gasteiger partial charge is 0.311 e. The molecule has 3 aromatic rings. The summed E-state index contributed by atoms with van der Waals surface area (Å²) in [5, 5.41) is 9.71. The van der Waals surface area contributed by atoms with Crippen LogP contribution in [0.5, 0.6) is 5.75 Å². The van der Waals surface area contributed by atoms with Crippen molar-refractivity contribution in [1.29, 1.82) is 0 Å². The first-order valence-corrected chi connectivity index (χ1v) is 15.0. The van der Waals surface area contributed by atoms with E-state index in [0.29, 0.717) is 19.2 Å². The monoisotopic (exact) mass is 553 g/mol. The van der Waals surface area contributed by atoms with Crippen molar-refractivity contribution >= 4 is 11.8 Å². The maximum atomic E-state index is 11.8. The third-order valence-electron chi connectivity index (χ3n) is 9.96. The van der Waals surface area contributed by atoms with E-state index in [4.69, 9.17) is 14.5 Å². The first-order valence-electron chi connectivity index (χ1n) is 15.0. The minimum Gasteiger partial charge on any atom is -0.488 e. The predicted octanol–water partition coefficient (Wildman–Crippen LogP) is 5.39. The Morgan fingerprint density at radius 3 is 2.80 bits per heavy atom. The van der Waals surface area contributed by atoms with Crippen LogP contribution in [0.3, 0.4) is 0 Å². The van der Waals surface area contributed by atoms with E-state index in [2.05, 4.69) is 47.9 Å². The number of hydrogen-bond acceptors (Lipinski definition) is 6. The normalized spacial score (nSPS) is 24.1. The summed E-state index contributed by atoms with van der Waals surface area (Å²) in [7, 11) is 0. The molecule has 2 aromatic carbocycles. The van der Waals surface area contributed by atoms with Crippen LogP contribution in [-0.4, -0.2) is 59.8 Å². The van der Waals surface area contributed by atoms with E-state index in [0.717, 1.165) is 86.9 Å². The molecule has 1 N–H and O–H groups in total. The van der Waals surface area contributed by atoms with E-state index >= 15 is 0 Å². The zero-order valence-electron chi connectivity index (χ0n) is 24.1. The number of carboxylic acid groups (broad SMARTS) is 1. The lowest BCUT2D eigenvalue weighted by Crippen LogP contribution is -2.42. The number of fused-ring (bicyclic) bond motifs is 2. The van der Waals surface area contributed by atoms with Crippen LogP contribution in [-0.2, 0) is 29.1 Å². The first kappa shape index (κ1) is 26.5. The highest BCUT2D eigenvalue weighted by atomic mass is 16.5. The highest BCUT2D eigenvalue weighted by Gasteiger charge is 2.65. The summed E-state index contributed by atoms with van der Waals surface area (Å²) in [4.78, 5) is 21.6. The molecule has 3 aliphatic heterocycles. The third kappa shape index (κ3) is 4.89. The van der Waals surface area contributed by atoms with Gasteiger partial charge in [-0.05, 0) is 92.0 Å². The number of nitrogens with zero attached hydrogens (tertiary/aromatic N) is 3. The van der Waals surface area contributed by atoms with Gasteiger partial charge >= 0.3 is 5.97 Å². The van der Waals surface area contributed by atoms with E-state index in [9.17, 15) is 9.90 Å². The fourth-order valence-corrected chi connectivity index (χ4v) is 7.29. The van der Waals surface area contributed by atoms with E-state index in [1.54, 1.807) is 0 Å². The van der Waals surface area contributed by atoms with Crippen molar-refractivity contribution in [2.24, 2.45) is 11.3 Å². The Bertz CT molecular complexity index is 1480. The standard InChI is InChI=1S/C34H39N3O4/c1-22-6-9-31(29(16-22)30-4-3-5-32(35-30)37-19-26-17-34(26,21-37)33(38)39)41-20-25-8-7-24-18-36(13-10-28(24)23(25)2)27-11-14-40-15-12-27/h3-9,16,26-27H,10-15,17-21H2,1-2H3,(H,38,39)/t26-,34-/m0/s1. The van der Waals surface area contributed by atoms with Crippen molar-refractivity contribution in [1.82, 2.24) is 9.88 Å². The van der Waals surface area contributed by atoms with E-state index < -0.39 is 11.4 Å². The number of aryl methyl sites for hydroxylation is 1. The molecule has 3 fully saturated rings. The Kier molecular flexibility index (Phi) is 6.75. The minimum atomic E-state index is -0.676. The number of hydrogen-bond donors (Lipinski definition) is 1. The topological polar surface area (TPSA) is 75.1 Å². The fourth-order valence-electron chi connectivity index (χ4n) is 7.29. The summed E-state index contributed by atoms with van der Waals surface area (Å²) < 4.78 is 12.1. The lowest BCUT2D eigenvalue weighted by molar-refractivity contribution is -0.143. The number of ether oxygens (including phenoxy) is 2. The van der Waals surface area contributed by atoms with Crippen molar-refractivity contribution in [2.75, 3.05) is 37.7 Å². The molecule has 4 aliphatic rings. The van der Waals surface area contributed by atoms with Crippen LogP contribution in [0, 0.1) is 25.2 Å². The van der Waals surface area contributed by atoms with Gasteiger partial charge in [-0.3, -0.25) is 9.69 Å². The van der Waals surface area contributed by atoms with E-state index in [-0.39, 0.29) is 5.92 Å². The number of benzene rings is 2. The molecule has 7 rings (SSSR count). The quantitative estimate of drug-likeness (QED) is 0.420. The minimum absolute atomic E-state index is 0.230. The molecule has 2 saturated heterocycles. The Hall–Kier alpha value is -3.42. The highest BCUT2D eigenvalue weighted by molar-refractivity contribution is 5.81. The molecule has 41 heavy (non-hydrogen) atoms. The molecular formula is C34H39N3O4. The van der Waals surface area contributed by atoms with Crippen molar-refractivity contribution in [3.63, 3.8) is 0 Å². The van der Waals surface area contributed by atoms with Crippen molar-refractivity contribution in [3.05, 3.63) is 76.3 Å². The number of piperidine rings is 1. The van der Waals surface area contributed by atoms with Gasteiger partial charge in [0.1, 0.15) is 18.2 Å². The van der Waals surface area contributed by atoms with Crippen LogP contribution in [0.1, 0.15) is 47.1 Å². The van der Waals surface area contributed by atoms with Crippen molar-refractivity contribution in [2.45, 2.75) is 58.7 Å². The summed E-state index contributed by atoms with van der Waals surface area (Å²) in [6, 6.07) is 17.5. The van der Waals surface area contributed by atoms with Gasteiger partial charge in [-0.1, -0.05) is 29.8 Å². The number of carboxylic acids is 1. The maximum Gasteiger partial charge on any atom is 0.311 e. The van der Waals surface area contributed by atoms with Crippen LogP contribution in [0.4, 0.5) is 5.82 Å². The maximum absolute atomic E-state index is 11.8. The lowest BCUT2D eigenvalue weighted by Gasteiger charge is -2.38. The molecule has 4 heterocycles. The van der Waals surface area contributed by atoms with Gasteiger partial charge in [0.05, 0.1) is 11.1 Å². The molecule has 1 aromatic heterocycles. The second-order valence-corrected chi connectivity index (χ2v) is 12.5. The lowest BCUT2D eigenvalue weighted by atomic mass is 9.90. The molecule has 0 radical (unpaired) electrons. The van der Waals surface area contributed by atoms with E-state index in [1.165, 1.54) is 22.3 Å². The van der Waals surface area contributed by atoms with Crippen LogP contribution >= 0.6 is 0 Å². The Morgan fingerprint density at radius 2 is 2.00 bits per heavy atom. The van der Waals surface area contributed by atoms with Gasteiger partial charge < -0.3 is 19.5 Å². The molecule has 0 amide bonds. The van der Waals surface area contributed by atoms with Crippen LogP contribution in [0.15, 0.2) is 48.5 Å². The molecule has 0 bridgehead atoms. The highest BCUT2D eigenvalue weighted by Crippen LogP contribution is 2.58. The summed E-state index contributed by atoms with van der Waals surface area (Å²) in [5.41, 5.74) is 7.89. The average Bonchev–Trinajstić information content (AvgIpc) is 3.58. The summed E-state index contributed by atoms with van der Waals surface area (Å²) in [6.45, 7) is 10.0. The molecule has 7 nitrogen and oxygen atoms in total. The number of rotatable bonds is 7. The largest absolute Gasteiger partial charge is 0.488 e. The third-order valence-corrected chi connectivity index (χ3v) is 9.96. The first-order chi connectivity index (χ1) is 19.9.